The monoisotopic (exact) mass is 525 g/mol. The number of carbonyl (C=O) groups is 1. The molecule has 0 aliphatic heterocycles. The molecule has 0 bridgehead atoms. The van der Waals surface area contributed by atoms with E-state index in [1.807, 2.05) is 60.7 Å². The number of para-hydroxylation sites is 1. The quantitative estimate of drug-likeness (QED) is 0.201. The number of halogens is 4. The number of anilines is 1. The minimum absolute atomic E-state index is 0.130. The van der Waals surface area contributed by atoms with Crippen molar-refractivity contribution in [2.45, 2.75) is 15.9 Å². The van der Waals surface area contributed by atoms with Gasteiger partial charge in [0, 0.05) is 0 Å². The normalized spacial score (nSPS) is 12.2. The first kappa shape index (κ1) is 24.6. The molecule has 4 nitrogen and oxygen atoms in total. The van der Waals surface area contributed by atoms with Crippen molar-refractivity contribution in [1.82, 2.24) is 10.6 Å². The zero-order valence-electron chi connectivity index (χ0n) is 16.6. The van der Waals surface area contributed by atoms with E-state index in [4.69, 9.17) is 58.6 Å². The number of rotatable bonds is 6. The highest BCUT2D eigenvalue weighted by Crippen LogP contribution is 2.31. The van der Waals surface area contributed by atoms with Crippen LogP contribution in [-0.4, -0.2) is 21.0 Å². The Morgan fingerprint density at radius 3 is 1.78 bits per heavy atom. The molecule has 0 spiro atoms. The molecule has 3 aromatic carbocycles. The van der Waals surface area contributed by atoms with Crippen LogP contribution >= 0.6 is 58.6 Å². The van der Waals surface area contributed by atoms with Gasteiger partial charge in [-0.25, -0.2) is 0 Å². The predicted octanol–water partition coefficient (Wildman–Crippen LogP) is 6.27. The molecule has 0 unspecified atom stereocenters. The molecule has 0 saturated carbocycles. The summed E-state index contributed by atoms with van der Waals surface area (Å²) in [7, 11) is 0. The van der Waals surface area contributed by atoms with Crippen molar-refractivity contribution in [2.24, 2.45) is 0 Å². The third-order valence-electron chi connectivity index (χ3n) is 4.54. The number of thiocarbonyl (C=S) groups is 1. The van der Waals surface area contributed by atoms with E-state index in [-0.39, 0.29) is 11.0 Å². The average Bonchev–Trinajstić information content (AvgIpc) is 2.76. The predicted molar refractivity (Wildman–Crippen MR) is 138 cm³/mol. The van der Waals surface area contributed by atoms with Crippen LogP contribution in [0.3, 0.4) is 0 Å². The van der Waals surface area contributed by atoms with Crippen LogP contribution < -0.4 is 16.0 Å². The van der Waals surface area contributed by atoms with Crippen LogP contribution in [0.15, 0.2) is 84.9 Å². The first-order chi connectivity index (χ1) is 15.3. The molecule has 3 rings (SSSR count). The van der Waals surface area contributed by atoms with E-state index >= 15 is 0 Å². The standard InChI is InChI=1S/C23H19Cl4N3OS/c24-17-13-7-8-14-18(17)28-22(32)30-21(23(25,26)27)29-20(31)19(15-9-3-1-4-10-15)16-11-5-2-6-12-16/h1-14,19,21H,(H,29,31)(H2,28,30,32)/t21-/m1/s1. The van der Waals surface area contributed by atoms with Gasteiger partial charge in [0.1, 0.15) is 6.17 Å². The summed E-state index contributed by atoms with van der Waals surface area (Å²) < 4.78 is -1.89. The molecule has 0 heterocycles. The molecule has 3 aromatic rings. The molecule has 3 N–H and O–H groups in total. The van der Waals surface area contributed by atoms with Crippen LogP contribution in [0.5, 0.6) is 0 Å². The Labute approximate surface area is 212 Å². The Morgan fingerprint density at radius 2 is 1.28 bits per heavy atom. The van der Waals surface area contributed by atoms with Gasteiger partial charge in [-0.15, -0.1) is 0 Å². The van der Waals surface area contributed by atoms with Gasteiger partial charge in [0.05, 0.1) is 16.6 Å². The number of carbonyl (C=O) groups excluding carboxylic acids is 1. The number of alkyl halides is 3. The largest absolute Gasteiger partial charge is 0.339 e. The van der Waals surface area contributed by atoms with E-state index in [0.29, 0.717) is 10.7 Å². The molecule has 0 fully saturated rings. The number of hydrogen-bond donors (Lipinski definition) is 3. The lowest BCUT2D eigenvalue weighted by Crippen LogP contribution is -2.57. The van der Waals surface area contributed by atoms with Crippen LogP contribution in [-0.2, 0) is 4.79 Å². The lowest BCUT2D eigenvalue weighted by atomic mass is 9.90. The zero-order valence-corrected chi connectivity index (χ0v) is 20.4. The van der Waals surface area contributed by atoms with Gasteiger partial charge < -0.3 is 16.0 Å². The van der Waals surface area contributed by atoms with Crippen molar-refractivity contribution in [3.8, 4) is 0 Å². The summed E-state index contributed by atoms with van der Waals surface area (Å²) in [6, 6.07) is 25.8. The van der Waals surface area contributed by atoms with Gasteiger partial charge in [0.15, 0.2) is 5.11 Å². The minimum atomic E-state index is -1.89. The second-order valence-corrected chi connectivity index (χ2v) is 10.0. The van der Waals surface area contributed by atoms with Gasteiger partial charge in [-0.05, 0) is 35.5 Å². The summed E-state index contributed by atoms with van der Waals surface area (Å²) in [6.45, 7) is 0. The second kappa shape index (κ2) is 11.2. The first-order valence-electron chi connectivity index (χ1n) is 9.54. The maximum Gasteiger partial charge on any atom is 0.233 e. The van der Waals surface area contributed by atoms with Crippen molar-refractivity contribution in [2.75, 3.05) is 5.32 Å². The summed E-state index contributed by atoms with van der Waals surface area (Å²) in [5.74, 6) is -0.967. The van der Waals surface area contributed by atoms with E-state index in [1.54, 1.807) is 24.3 Å². The molecule has 0 radical (unpaired) electrons. The number of nitrogens with one attached hydrogen (secondary N) is 3. The summed E-state index contributed by atoms with van der Waals surface area (Å²) in [6.07, 6.45) is -1.11. The summed E-state index contributed by atoms with van der Waals surface area (Å²) in [4.78, 5) is 13.4. The lowest BCUT2D eigenvalue weighted by Gasteiger charge is -2.29. The number of amides is 1. The fraction of sp³-hybridized carbons (Fsp3) is 0.130. The number of benzene rings is 3. The van der Waals surface area contributed by atoms with Crippen molar-refractivity contribution in [1.29, 1.82) is 0 Å². The molecule has 0 aliphatic carbocycles. The van der Waals surface area contributed by atoms with Gasteiger partial charge in [-0.1, -0.05) is 119 Å². The Balaban J connectivity index is 1.81. The van der Waals surface area contributed by atoms with Gasteiger partial charge >= 0.3 is 0 Å². The van der Waals surface area contributed by atoms with Crippen LogP contribution in [0.1, 0.15) is 17.0 Å². The summed E-state index contributed by atoms with van der Waals surface area (Å²) in [5.41, 5.74) is 2.18. The highest BCUT2D eigenvalue weighted by molar-refractivity contribution is 7.80. The molecule has 1 amide bonds. The zero-order chi connectivity index (χ0) is 23.1. The van der Waals surface area contributed by atoms with E-state index < -0.39 is 15.9 Å². The Bertz CT molecular complexity index is 1020. The molecule has 32 heavy (non-hydrogen) atoms. The molecule has 0 aromatic heterocycles. The highest BCUT2D eigenvalue weighted by Gasteiger charge is 2.36. The lowest BCUT2D eigenvalue weighted by molar-refractivity contribution is -0.122. The topological polar surface area (TPSA) is 53.2 Å². The van der Waals surface area contributed by atoms with Gasteiger partial charge in [0.25, 0.3) is 0 Å². The van der Waals surface area contributed by atoms with Crippen LogP contribution in [0, 0.1) is 0 Å². The molecular weight excluding hydrogens is 508 g/mol. The SMILES string of the molecule is O=C(N[C@H](NC(=S)Nc1ccccc1Cl)C(Cl)(Cl)Cl)C(c1ccccc1)c1ccccc1. The van der Waals surface area contributed by atoms with E-state index in [0.717, 1.165) is 11.1 Å². The molecule has 0 saturated heterocycles. The first-order valence-corrected chi connectivity index (χ1v) is 11.5. The van der Waals surface area contributed by atoms with Crippen LogP contribution in [0.25, 0.3) is 0 Å². The van der Waals surface area contributed by atoms with Gasteiger partial charge in [-0.3, -0.25) is 4.79 Å². The average molecular weight is 527 g/mol. The Kier molecular flexibility index (Phi) is 8.63. The van der Waals surface area contributed by atoms with Crippen LogP contribution in [0.2, 0.25) is 5.02 Å². The van der Waals surface area contributed by atoms with Crippen molar-refractivity contribution in [3.05, 3.63) is 101 Å². The second-order valence-electron chi connectivity index (χ2n) is 6.82. The summed E-state index contributed by atoms with van der Waals surface area (Å²) in [5, 5.41) is 9.18. The molecule has 166 valence electrons. The molecule has 9 heteroatoms. The highest BCUT2D eigenvalue weighted by atomic mass is 35.6. The molecular formula is C23H19Cl4N3OS. The maximum absolute atomic E-state index is 13.4. The van der Waals surface area contributed by atoms with Crippen molar-refractivity contribution < 1.29 is 4.79 Å². The van der Waals surface area contributed by atoms with Crippen LogP contribution in [0.4, 0.5) is 5.69 Å². The fourth-order valence-corrected chi connectivity index (χ4v) is 3.80. The molecule has 1 atom stereocenters. The Hall–Kier alpha value is -2.02. The third-order valence-corrected chi connectivity index (χ3v) is 5.74. The smallest absolute Gasteiger partial charge is 0.233 e. The van der Waals surface area contributed by atoms with Crippen molar-refractivity contribution >= 4 is 75.3 Å². The van der Waals surface area contributed by atoms with E-state index in [9.17, 15) is 4.79 Å². The fourth-order valence-electron chi connectivity index (χ4n) is 3.06. The number of hydrogen-bond acceptors (Lipinski definition) is 2. The van der Waals surface area contributed by atoms with Gasteiger partial charge in [0.2, 0.25) is 9.70 Å². The summed E-state index contributed by atoms with van der Waals surface area (Å²) >= 11 is 30.0. The van der Waals surface area contributed by atoms with E-state index in [1.165, 1.54) is 0 Å². The van der Waals surface area contributed by atoms with E-state index in [2.05, 4.69) is 16.0 Å². The van der Waals surface area contributed by atoms with Gasteiger partial charge in [-0.2, -0.15) is 0 Å². The molecule has 0 aliphatic rings. The Morgan fingerprint density at radius 1 is 0.781 bits per heavy atom. The third kappa shape index (κ3) is 6.74. The maximum atomic E-state index is 13.4. The van der Waals surface area contributed by atoms with Crippen molar-refractivity contribution in [3.63, 3.8) is 0 Å². The minimum Gasteiger partial charge on any atom is -0.339 e.